The van der Waals surface area contributed by atoms with Gasteiger partial charge in [-0.05, 0) is 42.8 Å². The van der Waals surface area contributed by atoms with Crippen LogP contribution in [0.2, 0.25) is 5.02 Å². The molecule has 7 nitrogen and oxygen atoms in total. The van der Waals surface area contributed by atoms with Crippen LogP contribution in [0.25, 0.3) is 0 Å². The van der Waals surface area contributed by atoms with E-state index in [1.807, 2.05) is 31.2 Å². The summed E-state index contributed by atoms with van der Waals surface area (Å²) in [6.45, 7) is 3.48. The number of amides is 2. The number of ether oxygens (including phenoxy) is 4. The monoisotopic (exact) mass is 422 g/mol. The van der Waals surface area contributed by atoms with Gasteiger partial charge >= 0.3 is 6.03 Å². The Labute approximate surface area is 176 Å². The zero-order valence-corrected chi connectivity index (χ0v) is 17.9. The highest BCUT2D eigenvalue weighted by molar-refractivity contribution is 6.30. The van der Waals surface area contributed by atoms with E-state index < -0.39 is 0 Å². The third kappa shape index (κ3) is 6.64. The second-order valence-corrected chi connectivity index (χ2v) is 6.59. The molecule has 0 aliphatic carbocycles. The molecule has 0 unspecified atom stereocenters. The molecule has 158 valence electrons. The van der Waals surface area contributed by atoms with Crippen LogP contribution in [-0.4, -0.2) is 52.0 Å². The summed E-state index contributed by atoms with van der Waals surface area (Å²) < 4.78 is 22.0. The number of nitrogens with zero attached hydrogens (tertiary/aromatic N) is 1. The van der Waals surface area contributed by atoms with Crippen LogP contribution in [0.4, 0.5) is 4.79 Å². The fourth-order valence-electron chi connectivity index (χ4n) is 2.59. The van der Waals surface area contributed by atoms with E-state index in [2.05, 4.69) is 5.32 Å². The van der Waals surface area contributed by atoms with Gasteiger partial charge in [0.05, 0.1) is 27.4 Å². The molecule has 8 heteroatoms. The molecule has 0 aliphatic rings. The zero-order chi connectivity index (χ0) is 21.2. The summed E-state index contributed by atoms with van der Waals surface area (Å²) >= 11 is 5.93. The Bertz CT molecular complexity index is 790. The van der Waals surface area contributed by atoms with Gasteiger partial charge in [-0.1, -0.05) is 17.7 Å². The molecule has 2 aromatic rings. The van der Waals surface area contributed by atoms with Crippen molar-refractivity contribution in [1.29, 1.82) is 0 Å². The number of likely N-dealkylation sites (N-methyl/N-ethyl adjacent to an activating group) is 1. The number of nitrogens with one attached hydrogen (secondary N) is 1. The Morgan fingerprint density at radius 2 is 1.79 bits per heavy atom. The molecule has 2 amide bonds. The van der Waals surface area contributed by atoms with Gasteiger partial charge in [-0.15, -0.1) is 0 Å². The van der Waals surface area contributed by atoms with Crippen molar-refractivity contribution in [3.05, 3.63) is 47.0 Å². The number of carbonyl (C=O) groups is 1. The van der Waals surface area contributed by atoms with Gasteiger partial charge in [0.2, 0.25) is 5.75 Å². The average molecular weight is 423 g/mol. The molecule has 0 atom stereocenters. The molecule has 0 aromatic heterocycles. The summed E-state index contributed by atoms with van der Waals surface area (Å²) in [5.41, 5.74) is 0.832. The topological polar surface area (TPSA) is 69.3 Å². The number of urea groups is 1. The predicted octanol–water partition coefficient (Wildman–Crippen LogP) is 3.98. The summed E-state index contributed by atoms with van der Waals surface area (Å²) in [6.07, 6.45) is 0. The van der Waals surface area contributed by atoms with Crippen molar-refractivity contribution in [3.8, 4) is 23.0 Å². The smallest absolute Gasteiger partial charge is 0.317 e. The van der Waals surface area contributed by atoms with Crippen LogP contribution in [0, 0.1) is 0 Å². The number of hydrogen-bond donors (Lipinski definition) is 1. The van der Waals surface area contributed by atoms with Gasteiger partial charge in [-0.3, -0.25) is 0 Å². The minimum Gasteiger partial charge on any atom is -0.493 e. The van der Waals surface area contributed by atoms with Crippen LogP contribution in [0.15, 0.2) is 36.4 Å². The lowest BCUT2D eigenvalue weighted by Gasteiger charge is -2.19. The number of methoxy groups -OCH3 is 2. The maximum absolute atomic E-state index is 12.3. The van der Waals surface area contributed by atoms with Crippen molar-refractivity contribution >= 4 is 17.6 Å². The molecular weight excluding hydrogens is 396 g/mol. The minimum atomic E-state index is -0.216. The van der Waals surface area contributed by atoms with Crippen LogP contribution in [0.3, 0.4) is 0 Å². The highest BCUT2D eigenvalue weighted by atomic mass is 35.5. The van der Waals surface area contributed by atoms with Crippen LogP contribution >= 0.6 is 11.6 Å². The average Bonchev–Trinajstić information content (AvgIpc) is 2.72. The number of rotatable bonds is 10. The summed E-state index contributed by atoms with van der Waals surface area (Å²) in [4.78, 5) is 13.9. The third-order valence-corrected chi connectivity index (χ3v) is 4.33. The predicted molar refractivity (Wildman–Crippen MR) is 113 cm³/mol. The van der Waals surface area contributed by atoms with Gasteiger partial charge in [0.15, 0.2) is 11.5 Å². The minimum absolute atomic E-state index is 0.216. The SMILES string of the molecule is CCOc1c(OC)cc(CNC(=O)N(C)CCOc2cccc(Cl)c2)cc1OC. The van der Waals surface area contributed by atoms with Crippen molar-refractivity contribution in [2.24, 2.45) is 0 Å². The van der Waals surface area contributed by atoms with E-state index in [4.69, 9.17) is 30.5 Å². The van der Waals surface area contributed by atoms with Crippen molar-refractivity contribution in [2.75, 3.05) is 41.0 Å². The van der Waals surface area contributed by atoms with E-state index in [1.54, 1.807) is 38.3 Å². The Morgan fingerprint density at radius 3 is 2.38 bits per heavy atom. The number of benzene rings is 2. The highest BCUT2D eigenvalue weighted by Gasteiger charge is 2.15. The molecule has 0 fully saturated rings. The molecule has 1 N–H and O–H groups in total. The van der Waals surface area contributed by atoms with Gasteiger partial charge in [-0.25, -0.2) is 4.79 Å². The Kier molecular flexibility index (Phi) is 8.73. The van der Waals surface area contributed by atoms with Crippen molar-refractivity contribution in [3.63, 3.8) is 0 Å². The molecule has 0 spiro atoms. The van der Waals surface area contributed by atoms with Crippen molar-refractivity contribution in [2.45, 2.75) is 13.5 Å². The van der Waals surface area contributed by atoms with E-state index in [-0.39, 0.29) is 6.03 Å². The fraction of sp³-hybridized carbons (Fsp3) is 0.381. The van der Waals surface area contributed by atoms with Crippen LogP contribution in [-0.2, 0) is 6.54 Å². The highest BCUT2D eigenvalue weighted by Crippen LogP contribution is 2.38. The molecule has 0 bridgehead atoms. The van der Waals surface area contributed by atoms with E-state index in [1.165, 1.54) is 0 Å². The molecule has 0 heterocycles. The molecular formula is C21H27ClN2O5. The second kappa shape index (κ2) is 11.3. The maximum Gasteiger partial charge on any atom is 0.317 e. The van der Waals surface area contributed by atoms with E-state index in [9.17, 15) is 4.79 Å². The summed E-state index contributed by atoms with van der Waals surface area (Å²) in [5.74, 6) is 2.32. The summed E-state index contributed by atoms with van der Waals surface area (Å²) in [6, 6.07) is 10.6. The first kappa shape index (κ1) is 22.5. The molecule has 0 aliphatic heterocycles. The standard InChI is InChI=1S/C21H27ClN2O5/c1-5-28-20-18(26-3)11-15(12-19(20)27-4)14-23-21(25)24(2)9-10-29-17-8-6-7-16(22)13-17/h6-8,11-13H,5,9-10,14H2,1-4H3,(H,23,25). The van der Waals surface area contributed by atoms with Gasteiger partial charge in [0, 0.05) is 18.6 Å². The van der Waals surface area contributed by atoms with E-state index >= 15 is 0 Å². The Morgan fingerprint density at radius 1 is 1.10 bits per heavy atom. The van der Waals surface area contributed by atoms with Crippen LogP contribution in [0.1, 0.15) is 12.5 Å². The largest absolute Gasteiger partial charge is 0.493 e. The third-order valence-electron chi connectivity index (χ3n) is 4.09. The number of hydrogen-bond acceptors (Lipinski definition) is 5. The van der Waals surface area contributed by atoms with E-state index in [0.29, 0.717) is 54.3 Å². The lowest BCUT2D eigenvalue weighted by Crippen LogP contribution is -2.39. The quantitative estimate of drug-likeness (QED) is 0.627. The first-order valence-corrected chi connectivity index (χ1v) is 9.61. The van der Waals surface area contributed by atoms with E-state index in [0.717, 1.165) is 5.56 Å². The molecule has 0 radical (unpaired) electrons. The molecule has 2 rings (SSSR count). The van der Waals surface area contributed by atoms with Crippen molar-refractivity contribution in [1.82, 2.24) is 10.2 Å². The first-order valence-electron chi connectivity index (χ1n) is 9.23. The van der Waals surface area contributed by atoms with Gasteiger partial charge < -0.3 is 29.2 Å². The second-order valence-electron chi connectivity index (χ2n) is 6.15. The number of carbonyl (C=O) groups excluding carboxylic acids is 1. The first-order chi connectivity index (χ1) is 14.0. The summed E-state index contributed by atoms with van der Waals surface area (Å²) in [5, 5.41) is 3.48. The summed E-state index contributed by atoms with van der Waals surface area (Å²) in [7, 11) is 4.83. The van der Waals surface area contributed by atoms with Crippen LogP contribution in [0.5, 0.6) is 23.0 Å². The van der Waals surface area contributed by atoms with Gasteiger partial charge in [0.1, 0.15) is 12.4 Å². The van der Waals surface area contributed by atoms with Crippen LogP contribution < -0.4 is 24.3 Å². The molecule has 0 saturated heterocycles. The number of halogens is 1. The fourth-order valence-corrected chi connectivity index (χ4v) is 2.77. The molecule has 2 aromatic carbocycles. The van der Waals surface area contributed by atoms with Crippen molar-refractivity contribution < 1.29 is 23.7 Å². The molecule has 0 saturated carbocycles. The normalized spacial score (nSPS) is 10.2. The zero-order valence-electron chi connectivity index (χ0n) is 17.2. The Hall–Kier alpha value is -2.80. The van der Waals surface area contributed by atoms with Gasteiger partial charge in [0.25, 0.3) is 0 Å². The maximum atomic E-state index is 12.3. The lowest BCUT2D eigenvalue weighted by atomic mass is 10.2. The lowest BCUT2D eigenvalue weighted by molar-refractivity contribution is 0.195. The molecule has 29 heavy (non-hydrogen) atoms. The van der Waals surface area contributed by atoms with Gasteiger partial charge in [-0.2, -0.15) is 0 Å². The Balaban J connectivity index is 1.88.